The van der Waals surface area contributed by atoms with Gasteiger partial charge in [-0.3, -0.25) is 9.59 Å². The number of benzene rings is 2. The van der Waals surface area contributed by atoms with Gasteiger partial charge < -0.3 is 29.5 Å². The van der Waals surface area contributed by atoms with Crippen LogP contribution in [0.25, 0.3) is 0 Å². The van der Waals surface area contributed by atoms with Gasteiger partial charge in [0.1, 0.15) is 11.5 Å². The number of amides is 2. The van der Waals surface area contributed by atoms with Gasteiger partial charge >= 0.3 is 7.12 Å². The number of carbonyl (C=O) groups is 2. The molecule has 2 N–H and O–H groups in total. The van der Waals surface area contributed by atoms with E-state index >= 15 is 0 Å². The summed E-state index contributed by atoms with van der Waals surface area (Å²) in [7, 11) is -0.438. The number of carbonyl (C=O) groups excluding carboxylic acids is 2. The summed E-state index contributed by atoms with van der Waals surface area (Å²) in [6.45, 7) is 4.81. The molecule has 2 aliphatic heterocycles. The maximum Gasteiger partial charge on any atom is 0.478 e. The minimum absolute atomic E-state index is 0.115. The van der Waals surface area contributed by atoms with Gasteiger partial charge in [-0.1, -0.05) is 43.3 Å². The van der Waals surface area contributed by atoms with Crippen molar-refractivity contribution in [2.45, 2.75) is 51.4 Å². The molecule has 5 aliphatic rings. The number of hydrogen-bond acceptors (Lipinski definition) is 7. The minimum Gasteiger partial charge on any atom is -0.457 e. The first-order chi connectivity index (χ1) is 18.4. The summed E-state index contributed by atoms with van der Waals surface area (Å²) in [5.41, 5.74) is 1.37. The summed E-state index contributed by atoms with van der Waals surface area (Å²) in [6, 6.07) is 16.3. The fourth-order valence-electron chi connectivity index (χ4n) is 6.08. The molecule has 0 aromatic heterocycles. The molecule has 2 aromatic carbocycles. The molecule has 4 fully saturated rings. The van der Waals surface area contributed by atoms with Crippen LogP contribution >= 0.6 is 0 Å². The molecule has 2 aromatic rings. The van der Waals surface area contributed by atoms with Crippen LogP contribution in [-0.2, 0) is 18.9 Å². The Morgan fingerprint density at radius 1 is 1.05 bits per heavy atom. The van der Waals surface area contributed by atoms with Crippen LogP contribution < -0.4 is 15.4 Å². The number of ether oxygens (including phenoxy) is 1. The van der Waals surface area contributed by atoms with Gasteiger partial charge in [-0.15, -0.1) is 0 Å². The van der Waals surface area contributed by atoms with Crippen molar-refractivity contribution in [3.05, 3.63) is 60.2 Å². The molecule has 9 nitrogen and oxygen atoms in total. The van der Waals surface area contributed by atoms with E-state index in [-0.39, 0.29) is 37.0 Å². The van der Waals surface area contributed by atoms with Crippen LogP contribution in [-0.4, -0.2) is 55.9 Å². The van der Waals surface area contributed by atoms with Crippen molar-refractivity contribution >= 4 is 24.6 Å². The van der Waals surface area contributed by atoms with E-state index in [1.807, 2.05) is 30.3 Å². The lowest BCUT2D eigenvalue weighted by Gasteiger charge is -2.60. The molecule has 0 spiro atoms. The average molecular weight is 517 g/mol. The Hall–Kier alpha value is -3.37. The Balaban J connectivity index is 0.933. The van der Waals surface area contributed by atoms with Gasteiger partial charge in [0.05, 0.1) is 30.9 Å². The van der Waals surface area contributed by atoms with Crippen molar-refractivity contribution in [1.82, 2.24) is 10.6 Å². The van der Waals surface area contributed by atoms with Crippen molar-refractivity contribution in [2.75, 3.05) is 13.0 Å². The van der Waals surface area contributed by atoms with E-state index in [9.17, 15) is 9.59 Å². The lowest BCUT2D eigenvalue weighted by molar-refractivity contribution is -0.150. The van der Waals surface area contributed by atoms with E-state index in [0.29, 0.717) is 46.4 Å². The molecule has 1 saturated heterocycles. The highest BCUT2D eigenvalue weighted by atomic mass is 16.7. The summed E-state index contributed by atoms with van der Waals surface area (Å²) < 4.78 is 18.1. The molecule has 10 heteroatoms. The number of nitrogens with zero attached hydrogens (tertiary/aromatic N) is 1. The third kappa shape index (κ3) is 4.90. The Kier molecular flexibility index (Phi) is 6.61. The van der Waals surface area contributed by atoms with Gasteiger partial charge in [0.2, 0.25) is 6.10 Å². The van der Waals surface area contributed by atoms with E-state index in [1.165, 1.54) is 6.42 Å². The predicted molar refractivity (Wildman–Crippen MR) is 141 cm³/mol. The van der Waals surface area contributed by atoms with Crippen LogP contribution in [0.3, 0.4) is 0 Å². The number of para-hydroxylation sites is 1. The van der Waals surface area contributed by atoms with Gasteiger partial charge in [-0.25, -0.2) is 0 Å². The third-order valence-corrected chi connectivity index (χ3v) is 8.46. The zero-order valence-electron chi connectivity index (χ0n) is 21.6. The minimum atomic E-state index is -0.736. The second-order valence-electron chi connectivity index (χ2n) is 11.1. The monoisotopic (exact) mass is 517 g/mol. The molecule has 0 radical (unpaired) electrons. The predicted octanol–water partition coefficient (Wildman–Crippen LogP) is 3.35. The first kappa shape index (κ1) is 24.9. The second kappa shape index (κ2) is 10.1. The summed E-state index contributed by atoms with van der Waals surface area (Å²) in [5.74, 6) is 1.94. The molecule has 2 unspecified atom stereocenters. The van der Waals surface area contributed by atoms with Crippen LogP contribution in [0, 0.1) is 17.3 Å². The number of nitrogens with one attached hydrogen (secondary N) is 2. The van der Waals surface area contributed by atoms with Gasteiger partial charge in [-0.2, -0.15) is 0 Å². The van der Waals surface area contributed by atoms with Gasteiger partial charge in [0.25, 0.3) is 11.8 Å². The Labute approximate surface area is 222 Å². The lowest BCUT2D eigenvalue weighted by Crippen LogP contribution is -2.59. The second-order valence-corrected chi connectivity index (χ2v) is 11.1. The molecule has 3 aliphatic carbocycles. The smallest absolute Gasteiger partial charge is 0.457 e. The third-order valence-electron chi connectivity index (χ3n) is 8.46. The average Bonchev–Trinajstić information content (AvgIpc) is 3.58. The van der Waals surface area contributed by atoms with Crippen LogP contribution in [0.1, 0.15) is 43.5 Å². The molecular weight excluding hydrogens is 485 g/mol. The SMILES string of the molecule is CC1(C)[C@@H]2CC3OB(CNC(=O)C4CC(CNC(=O)c5cccc(Oc6ccccc6)c5)=NO4)O[C@H]3[C@H]1C2. The first-order valence-corrected chi connectivity index (χ1v) is 13.3. The Bertz CT molecular complexity index is 1240. The summed E-state index contributed by atoms with van der Waals surface area (Å²) in [4.78, 5) is 30.7. The summed E-state index contributed by atoms with van der Waals surface area (Å²) >= 11 is 0. The van der Waals surface area contributed by atoms with E-state index in [0.717, 1.165) is 6.42 Å². The van der Waals surface area contributed by atoms with E-state index in [1.54, 1.807) is 24.3 Å². The summed E-state index contributed by atoms with van der Waals surface area (Å²) in [6.07, 6.45) is 2.31. The molecule has 2 bridgehead atoms. The molecule has 198 valence electrons. The van der Waals surface area contributed by atoms with Gasteiger partial charge in [0, 0.05) is 12.0 Å². The van der Waals surface area contributed by atoms with Crippen LogP contribution in [0.4, 0.5) is 0 Å². The quantitative estimate of drug-likeness (QED) is 0.521. The highest BCUT2D eigenvalue weighted by molar-refractivity contribution is 6.45. The molecule has 38 heavy (non-hydrogen) atoms. The Morgan fingerprint density at radius 3 is 2.68 bits per heavy atom. The zero-order valence-corrected chi connectivity index (χ0v) is 21.6. The number of rotatable bonds is 8. The van der Waals surface area contributed by atoms with Crippen LogP contribution in [0.5, 0.6) is 11.5 Å². The van der Waals surface area contributed by atoms with Gasteiger partial charge in [0.15, 0.2) is 0 Å². The fourth-order valence-corrected chi connectivity index (χ4v) is 6.08. The zero-order chi connectivity index (χ0) is 26.3. The molecule has 5 atom stereocenters. The van der Waals surface area contributed by atoms with Gasteiger partial charge in [-0.05, 0) is 60.4 Å². The molecule has 2 amide bonds. The van der Waals surface area contributed by atoms with Crippen molar-refractivity contribution in [3.8, 4) is 11.5 Å². The normalized spacial score (nSPS) is 28.4. The van der Waals surface area contributed by atoms with Crippen LogP contribution in [0.15, 0.2) is 59.8 Å². The highest BCUT2D eigenvalue weighted by Crippen LogP contribution is 2.61. The molecule has 3 saturated carbocycles. The van der Waals surface area contributed by atoms with Crippen molar-refractivity contribution in [3.63, 3.8) is 0 Å². The molecule has 7 rings (SSSR count). The fraction of sp³-hybridized carbons (Fsp3) is 0.464. The van der Waals surface area contributed by atoms with Crippen molar-refractivity contribution < 1.29 is 28.5 Å². The molecular formula is C28H32BN3O6. The Morgan fingerprint density at radius 2 is 1.87 bits per heavy atom. The standard InChI is InChI=1S/C28H32BN3O6/c1-28(2)18-12-22(28)25-23(13-18)36-29(37-25)16-31-27(34)24-14-19(32-38-24)15-30-26(33)17-7-6-10-21(11-17)35-20-8-4-3-5-9-20/h3-11,18,22-25H,12-16H2,1-2H3,(H,30,33)(H,31,34)/t18-,22+,23?,24?,25-/m0/s1. The highest BCUT2D eigenvalue weighted by Gasteiger charge is 2.61. The molecule has 2 heterocycles. The first-order valence-electron chi connectivity index (χ1n) is 13.3. The lowest BCUT2D eigenvalue weighted by atomic mass is 9.47. The van der Waals surface area contributed by atoms with E-state index in [2.05, 4.69) is 29.6 Å². The van der Waals surface area contributed by atoms with Crippen LogP contribution in [0.2, 0.25) is 0 Å². The van der Waals surface area contributed by atoms with E-state index in [4.69, 9.17) is 18.9 Å². The van der Waals surface area contributed by atoms with E-state index < -0.39 is 13.2 Å². The van der Waals surface area contributed by atoms with Crippen molar-refractivity contribution in [1.29, 1.82) is 0 Å². The maximum atomic E-state index is 12.7. The largest absolute Gasteiger partial charge is 0.478 e. The number of hydrogen-bond donors (Lipinski definition) is 2. The van der Waals surface area contributed by atoms with Crippen molar-refractivity contribution in [2.24, 2.45) is 22.4 Å². The topological polar surface area (TPSA) is 107 Å². The maximum absolute atomic E-state index is 12.7. The summed E-state index contributed by atoms with van der Waals surface area (Å²) in [5, 5.41) is 9.71. The number of oxime groups is 1.